The van der Waals surface area contributed by atoms with Crippen molar-refractivity contribution in [2.75, 3.05) is 5.75 Å². The molecule has 7 heteroatoms. The molecule has 0 unspecified atom stereocenters. The lowest BCUT2D eigenvalue weighted by molar-refractivity contribution is -0.312. The number of carboxylic acid groups (broad SMARTS) is 1. The van der Waals surface area contributed by atoms with E-state index in [0.29, 0.717) is 5.75 Å². The fourth-order valence-corrected chi connectivity index (χ4v) is 5.09. The third kappa shape index (κ3) is 6.54. The molecule has 0 fully saturated rings. The summed E-state index contributed by atoms with van der Waals surface area (Å²) in [4.78, 5) is 23.8. The second kappa shape index (κ2) is 10.7. The highest BCUT2D eigenvalue weighted by atomic mass is 32.2. The van der Waals surface area contributed by atoms with Crippen molar-refractivity contribution in [2.45, 2.75) is 44.6 Å². The monoisotopic (exact) mass is 515 g/mol. The summed E-state index contributed by atoms with van der Waals surface area (Å²) in [6.07, 6.45) is 1.31. The smallest absolute Gasteiger partial charge is 0.408 e. The van der Waals surface area contributed by atoms with Crippen molar-refractivity contribution < 1.29 is 19.4 Å². The van der Waals surface area contributed by atoms with Crippen LogP contribution in [0.2, 0.25) is 0 Å². The second-order valence-electron chi connectivity index (χ2n) is 10.2. The molecule has 0 saturated heterocycles. The highest BCUT2D eigenvalue weighted by Crippen LogP contribution is 2.26. The van der Waals surface area contributed by atoms with E-state index in [1.54, 1.807) is 20.8 Å². The first-order valence-electron chi connectivity index (χ1n) is 12.1. The van der Waals surface area contributed by atoms with Gasteiger partial charge in [-0.25, -0.2) is 4.79 Å². The zero-order chi connectivity index (χ0) is 26.6. The average molecular weight is 516 g/mol. The third-order valence-corrected chi connectivity index (χ3v) is 7.24. The van der Waals surface area contributed by atoms with E-state index in [1.807, 2.05) is 24.3 Å². The number of benzene rings is 3. The minimum Gasteiger partial charge on any atom is -0.548 e. The Morgan fingerprint density at radius 3 is 2.14 bits per heavy atom. The number of para-hydroxylation sites is 1. The van der Waals surface area contributed by atoms with Crippen molar-refractivity contribution in [2.24, 2.45) is 0 Å². The summed E-state index contributed by atoms with van der Waals surface area (Å²) in [5.41, 5.74) is 3.29. The number of carboxylic acids is 1. The molecule has 1 heterocycles. The van der Waals surface area contributed by atoms with Gasteiger partial charge in [0.25, 0.3) is 0 Å². The molecule has 1 amide bonds. The number of hydrogen-bond acceptors (Lipinski definition) is 5. The zero-order valence-corrected chi connectivity index (χ0v) is 22.3. The van der Waals surface area contributed by atoms with Gasteiger partial charge in [0.2, 0.25) is 0 Å². The van der Waals surface area contributed by atoms with Crippen LogP contribution in [0.25, 0.3) is 27.7 Å². The van der Waals surface area contributed by atoms with Gasteiger partial charge >= 0.3 is 6.09 Å². The Kier molecular flexibility index (Phi) is 7.64. The van der Waals surface area contributed by atoms with Gasteiger partial charge in [0.15, 0.2) is 0 Å². The lowest BCUT2D eigenvalue weighted by Crippen LogP contribution is -2.60. The molecular formula is C30H31N2O4S-. The summed E-state index contributed by atoms with van der Waals surface area (Å²) in [7, 11) is 0. The number of carbonyl (C=O) groups is 2. The van der Waals surface area contributed by atoms with E-state index in [9.17, 15) is 14.7 Å². The summed E-state index contributed by atoms with van der Waals surface area (Å²) < 4.78 is 7.38. The molecule has 1 N–H and O–H groups in total. The second-order valence-corrected chi connectivity index (χ2v) is 11.2. The highest BCUT2D eigenvalue weighted by molar-refractivity contribution is 7.98. The number of nitrogens with zero attached hydrogens (tertiary/aromatic N) is 1. The Balaban J connectivity index is 1.36. The van der Waals surface area contributed by atoms with Crippen LogP contribution in [-0.2, 0) is 15.3 Å². The van der Waals surface area contributed by atoms with Gasteiger partial charge in [0.1, 0.15) is 5.60 Å². The molecule has 1 aromatic heterocycles. The number of aromatic nitrogens is 1. The van der Waals surface area contributed by atoms with Crippen LogP contribution < -0.4 is 10.4 Å². The molecule has 4 rings (SSSR count). The number of aliphatic carboxylic acids is 1. The summed E-state index contributed by atoms with van der Waals surface area (Å²) in [5, 5.41) is 15.4. The molecule has 0 spiro atoms. The Hall–Kier alpha value is -3.71. The van der Waals surface area contributed by atoms with Crippen molar-refractivity contribution in [3.63, 3.8) is 0 Å². The van der Waals surface area contributed by atoms with E-state index < -0.39 is 23.2 Å². The fourth-order valence-electron chi connectivity index (χ4n) is 3.96. The molecule has 3 aromatic carbocycles. The summed E-state index contributed by atoms with van der Waals surface area (Å²) in [6.45, 7) is 6.60. The van der Waals surface area contributed by atoms with Crippen LogP contribution in [-0.4, -0.2) is 33.5 Å². The van der Waals surface area contributed by atoms with Gasteiger partial charge in [-0.15, -0.1) is 0 Å². The van der Waals surface area contributed by atoms with Crippen molar-refractivity contribution in [3.8, 4) is 16.8 Å². The largest absolute Gasteiger partial charge is 0.548 e. The molecule has 1 atom stereocenters. The molecule has 37 heavy (non-hydrogen) atoms. The number of amides is 1. The maximum atomic E-state index is 12.1. The Morgan fingerprint density at radius 2 is 1.51 bits per heavy atom. The van der Waals surface area contributed by atoms with Gasteiger partial charge in [0.05, 0.1) is 17.0 Å². The molecule has 0 aliphatic heterocycles. The van der Waals surface area contributed by atoms with Gasteiger partial charge in [0, 0.05) is 23.4 Å². The number of carbonyl (C=O) groups excluding carboxylic acids is 2. The van der Waals surface area contributed by atoms with Crippen molar-refractivity contribution in [1.82, 2.24) is 9.88 Å². The normalized spacial score (nSPS) is 13.2. The molecule has 0 bridgehead atoms. The molecule has 0 aliphatic carbocycles. The number of nitrogens with one attached hydrogen (secondary N) is 1. The SMILES string of the molecule is CC(C)(C)OC(=O)N[C@@](C)(CSCc1ccc(-c2ccc(-n3ccc4ccccc43)cc2)cc1)C(=O)[O-]. The van der Waals surface area contributed by atoms with Gasteiger partial charge in [-0.3, -0.25) is 0 Å². The van der Waals surface area contributed by atoms with Crippen LogP contribution in [0.5, 0.6) is 0 Å². The van der Waals surface area contributed by atoms with Crippen LogP contribution in [0.4, 0.5) is 4.79 Å². The lowest BCUT2D eigenvalue weighted by Gasteiger charge is -2.32. The summed E-state index contributed by atoms with van der Waals surface area (Å²) >= 11 is 1.41. The van der Waals surface area contributed by atoms with Crippen LogP contribution in [0.15, 0.2) is 85.1 Å². The molecule has 0 aliphatic rings. The molecular weight excluding hydrogens is 484 g/mol. The minimum absolute atomic E-state index is 0.145. The van der Waals surface area contributed by atoms with Gasteiger partial charge in [-0.2, -0.15) is 11.8 Å². The summed E-state index contributed by atoms with van der Waals surface area (Å²) in [5.74, 6) is -0.609. The first kappa shape index (κ1) is 26.4. The van der Waals surface area contributed by atoms with Gasteiger partial charge < -0.3 is 24.5 Å². The minimum atomic E-state index is -1.54. The Morgan fingerprint density at radius 1 is 0.892 bits per heavy atom. The zero-order valence-electron chi connectivity index (χ0n) is 21.5. The first-order chi connectivity index (χ1) is 17.5. The Bertz CT molecular complexity index is 1390. The van der Waals surface area contributed by atoms with Crippen LogP contribution in [0.3, 0.4) is 0 Å². The van der Waals surface area contributed by atoms with E-state index in [1.165, 1.54) is 29.6 Å². The number of fused-ring (bicyclic) bond motifs is 1. The quantitative estimate of drug-likeness (QED) is 0.332. The molecule has 0 radical (unpaired) electrons. The van der Waals surface area contributed by atoms with E-state index in [0.717, 1.165) is 22.4 Å². The maximum absolute atomic E-state index is 12.1. The van der Waals surface area contributed by atoms with E-state index in [4.69, 9.17) is 4.74 Å². The lowest BCUT2D eigenvalue weighted by atomic mass is 10.0. The van der Waals surface area contributed by atoms with Crippen molar-refractivity contribution in [3.05, 3.63) is 90.6 Å². The Labute approximate surface area is 221 Å². The number of alkyl carbamates (subject to hydrolysis) is 1. The summed E-state index contributed by atoms with van der Waals surface area (Å²) in [6, 6.07) is 27.1. The van der Waals surface area contributed by atoms with Crippen molar-refractivity contribution in [1.29, 1.82) is 0 Å². The predicted octanol–water partition coefficient (Wildman–Crippen LogP) is 5.56. The average Bonchev–Trinajstić information content (AvgIpc) is 3.27. The van der Waals surface area contributed by atoms with E-state index >= 15 is 0 Å². The first-order valence-corrected chi connectivity index (χ1v) is 13.3. The maximum Gasteiger partial charge on any atom is 0.408 e. The highest BCUT2D eigenvalue weighted by Gasteiger charge is 2.30. The molecule has 192 valence electrons. The predicted molar refractivity (Wildman–Crippen MR) is 148 cm³/mol. The number of ether oxygens (including phenoxy) is 1. The molecule has 4 aromatic rings. The van der Waals surface area contributed by atoms with E-state index in [2.05, 4.69) is 70.7 Å². The van der Waals surface area contributed by atoms with Crippen molar-refractivity contribution >= 4 is 34.7 Å². The fraction of sp³-hybridized carbons (Fsp3) is 0.267. The topological polar surface area (TPSA) is 83.4 Å². The van der Waals surface area contributed by atoms with Gasteiger partial charge in [-0.1, -0.05) is 54.6 Å². The number of rotatable bonds is 8. The standard InChI is InChI=1S/C30H32N2O4S/c1-29(2,3)36-28(35)31-30(4,27(33)34)20-37-19-21-9-11-22(12-10-21)23-13-15-25(16-14-23)32-18-17-24-7-5-6-8-26(24)32/h5-18H,19-20H2,1-4H3,(H,31,35)(H,33,34)/p-1/t30-/m0/s1. The van der Waals surface area contributed by atoms with E-state index in [-0.39, 0.29) is 5.75 Å². The number of thioether (sulfide) groups is 1. The van der Waals surface area contributed by atoms with Crippen LogP contribution >= 0.6 is 11.8 Å². The molecule has 0 saturated carbocycles. The number of hydrogen-bond donors (Lipinski definition) is 1. The van der Waals surface area contributed by atoms with Crippen LogP contribution in [0, 0.1) is 0 Å². The molecule has 6 nitrogen and oxygen atoms in total. The van der Waals surface area contributed by atoms with Crippen LogP contribution in [0.1, 0.15) is 33.3 Å². The van der Waals surface area contributed by atoms with Gasteiger partial charge in [-0.05, 0) is 74.0 Å². The third-order valence-electron chi connectivity index (χ3n) is 5.92.